The highest BCUT2D eigenvalue weighted by Crippen LogP contribution is 2.30. The van der Waals surface area contributed by atoms with Gasteiger partial charge in [-0.05, 0) is 43.9 Å². The zero-order valence-electron chi connectivity index (χ0n) is 10.6. The highest BCUT2D eigenvalue weighted by molar-refractivity contribution is 6.34. The Balaban J connectivity index is 2.05. The van der Waals surface area contributed by atoms with Crippen LogP contribution in [0.1, 0.15) is 43.0 Å². The van der Waals surface area contributed by atoms with Gasteiger partial charge in [0, 0.05) is 11.7 Å². The molecule has 2 rings (SSSR count). The van der Waals surface area contributed by atoms with Crippen molar-refractivity contribution in [3.8, 4) is 0 Å². The number of amides is 1. The summed E-state index contributed by atoms with van der Waals surface area (Å²) in [5.41, 5.74) is 6.54. The second-order valence-corrected chi connectivity index (χ2v) is 5.44. The van der Waals surface area contributed by atoms with Crippen molar-refractivity contribution < 1.29 is 4.79 Å². The first-order valence-corrected chi connectivity index (χ1v) is 6.81. The van der Waals surface area contributed by atoms with Crippen LogP contribution in [-0.2, 0) is 0 Å². The molecule has 98 valence electrons. The van der Waals surface area contributed by atoms with E-state index < -0.39 is 5.91 Å². The summed E-state index contributed by atoms with van der Waals surface area (Å²) < 4.78 is 0. The van der Waals surface area contributed by atoms with E-state index in [0.717, 1.165) is 11.6 Å². The van der Waals surface area contributed by atoms with Crippen LogP contribution >= 0.6 is 11.6 Å². The van der Waals surface area contributed by atoms with Crippen LogP contribution in [0.5, 0.6) is 0 Å². The van der Waals surface area contributed by atoms with Gasteiger partial charge in [0.2, 0.25) is 5.91 Å². The number of hydrogen-bond donors (Lipinski definition) is 2. The molecule has 0 radical (unpaired) electrons. The maximum atomic E-state index is 11.1. The van der Waals surface area contributed by atoms with Crippen molar-refractivity contribution in [2.45, 2.75) is 38.6 Å². The van der Waals surface area contributed by atoms with Gasteiger partial charge in [-0.15, -0.1) is 0 Å². The number of carbonyl (C=O) groups is 1. The predicted octanol–water partition coefficient (Wildman–Crippen LogP) is 3.43. The van der Waals surface area contributed by atoms with Crippen molar-refractivity contribution in [2.75, 3.05) is 5.32 Å². The van der Waals surface area contributed by atoms with Gasteiger partial charge >= 0.3 is 0 Å². The van der Waals surface area contributed by atoms with E-state index in [1.165, 1.54) is 25.7 Å². The third-order valence-electron chi connectivity index (χ3n) is 3.74. The molecule has 3 N–H and O–H groups in total. The second-order valence-electron chi connectivity index (χ2n) is 5.04. The number of anilines is 1. The van der Waals surface area contributed by atoms with Crippen LogP contribution in [0.2, 0.25) is 5.02 Å². The summed E-state index contributed by atoms with van der Waals surface area (Å²) in [6, 6.07) is 5.74. The molecule has 1 fully saturated rings. The Hall–Kier alpha value is -1.22. The van der Waals surface area contributed by atoms with E-state index >= 15 is 0 Å². The molecule has 3 nitrogen and oxygen atoms in total. The van der Waals surface area contributed by atoms with E-state index in [1.54, 1.807) is 12.1 Å². The van der Waals surface area contributed by atoms with Crippen LogP contribution in [0, 0.1) is 5.92 Å². The first-order chi connectivity index (χ1) is 8.58. The van der Waals surface area contributed by atoms with Crippen molar-refractivity contribution in [1.29, 1.82) is 0 Å². The Morgan fingerprint density at radius 1 is 1.44 bits per heavy atom. The zero-order valence-corrected chi connectivity index (χ0v) is 11.3. The molecule has 1 unspecified atom stereocenters. The summed E-state index contributed by atoms with van der Waals surface area (Å²) in [5.74, 6) is 0.245. The van der Waals surface area contributed by atoms with E-state index in [9.17, 15) is 4.79 Å². The molecule has 0 saturated heterocycles. The minimum atomic E-state index is -0.490. The number of benzene rings is 1. The third kappa shape index (κ3) is 2.96. The highest BCUT2D eigenvalue weighted by Gasteiger charge is 2.21. The number of rotatable bonds is 4. The van der Waals surface area contributed by atoms with E-state index in [-0.39, 0.29) is 0 Å². The first kappa shape index (κ1) is 13.2. The van der Waals surface area contributed by atoms with Gasteiger partial charge in [-0.25, -0.2) is 0 Å². The topological polar surface area (TPSA) is 55.1 Å². The fourth-order valence-electron chi connectivity index (χ4n) is 2.64. The monoisotopic (exact) mass is 266 g/mol. The minimum absolute atomic E-state index is 0.371. The number of nitrogens with one attached hydrogen (secondary N) is 1. The molecular weight excluding hydrogens is 248 g/mol. The van der Waals surface area contributed by atoms with Crippen LogP contribution in [0.15, 0.2) is 18.2 Å². The van der Waals surface area contributed by atoms with Crippen molar-refractivity contribution in [2.24, 2.45) is 11.7 Å². The Labute approximate surface area is 113 Å². The third-order valence-corrected chi connectivity index (χ3v) is 4.05. The summed E-state index contributed by atoms with van der Waals surface area (Å²) in [6.07, 6.45) is 5.25. The predicted molar refractivity (Wildman–Crippen MR) is 75.0 cm³/mol. The Kier molecular flexibility index (Phi) is 4.12. The number of carbonyl (C=O) groups excluding carboxylic acids is 1. The highest BCUT2D eigenvalue weighted by atomic mass is 35.5. The molecule has 18 heavy (non-hydrogen) atoms. The summed E-state index contributed by atoms with van der Waals surface area (Å²) in [7, 11) is 0. The smallest absolute Gasteiger partial charge is 0.250 e. The maximum absolute atomic E-state index is 11.1. The summed E-state index contributed by atoms with van der Waals surface area (Å²) in [5, 5.41) is 3.86. The number of primary amides is 1. The fraction of sp³-hybridized carbons (Fsp3) is 0.500. The molecule has 1 aliphatic rings. The normalized spacial score (nSPS) is 17.7. The van der Waals surface area contributed by atoms with Gasteiger partial charge in [0.05, 0.1) is 10.6 Å². The van der Waals surface area contributed by atoms with Crippen LogP contribution < -0.4 is 11.1 Å². The van der Waals surface area contributed by atoms with Crippen molar-refractivity contribution >= 4 is 23.2 Å². The lowest BCUT2D eigenvalue weighted by molar-refractivity contribution is 0.100. The van der Waals surface area contributed by atoms with Gasteiger partial charge in [-0.3, -0.25) is 4.79 Å². The van der Waals surface area contributed by atoms with Gasteiger partial charge in [-0.1, -0.05) is 24.4 Å². The number of nitrogens with two attached hydrogens (primary N) is 1. The molecule has 1 aliphatic carbocycles. The van der Waals surface area contributed by atoms with Gasteiger partial charge < -0.3 is 11.1 Å². The standard InChI is InChI=1S/C14H19ClN2O/c1-9(10-4-2-3-5-10)17-11-6-7-12(14(16)18)13(15)8-11/h6-10,17H,2-5H2,1H3,(H2,16,18). The Morgan fingerprint density at radius 2 is 2.11 bits per heavy atom. The fourth-order valence-corrected chi connectivity index (χ4v) is 2.92. The summed E-state index contributed by atoms with van der Waals surface area (Å²) in [4.78, 5) is 11.1. The van der Waals surface area contributed by atoms with Gasteiger partial charge in [0.1, 0.15) is 0 Å². The van der Waals surface area contributed by atoms with E-state index in [1.807, 2.05) is 6.07 Å². The maximum Gasteiger partial charge on any atom is 0.250 e. The molecule has 0 aromatic heterocycles. The lowest BCUT2D eigenvalue weighted by atomic mass is 9.99. The molecule has 1 aromatic carbocycles. The molecular formula is C14H19ClN2O. The largest absolute Gasteiger partial charge is 0.382 e. The van der Waals surface area contributed by atoms with Crippen molar-refractivity contribution in [3.05, 3.63) is 28.8 Å². The molecule has 1 saturated carbocycles. The average molecular weight is 267 g/mol. The molecule has 0 heterocycles. The molecule has 0 aliphatic heterocycles. The molecule has 1 aromatic rings. The Morgan fingerprint density at radius 3 is 2.67 bits per heavy atom. The van der Waals surface area contributed by atoms with Gasteiger partial charge in [0.15, 0.2) is 0 Å². The Bertz CT molecular complexity index is 441. The summed E-state index contributed by atoms with van der Waals surface area (Å²) >= 11 is 6.03. The van der Waals surface area contributed by atoms with Crippen LogP contribution in [0.25, 0.3) is 0 Å². The lowest BCUT2D eigenvalue weighted by Gasteiger charge is -2.21. The first-order valence-electron chi connectivity index (χ1n) is 6.44. The SMILES string of the molecule is CC(Nc1ccc(C(N)=O)c(Cl)c1)C1CCCC1. The van der Waals surface area contributed by atoms with Crippen LogP contribution in [-0.4, -0.2) is 11.9 Å². The van der Waals surface area contributed by atoms with E-state index in [0.29, 0.717) is 16.6 Å². The molecule has 1 amide bonds. The quantitative estimate of drug-likeness (QED) is 0.877. The van der Waals surface area contributed by atoms with E-state index in [2.05, 4.69) is 12.2 Å². The zero-order chi connectivity index (χ0) is 13.1. The summed E-state index contributed by atoms with van der Waals surface area (Å²) in [6.45, 7) is 2.20. The molecule has 0 spiro atoms. The number of halogens is 1. The van der Waals surface area contributed by atoms with Crippen molar-refractivity contribution in [1.82, 2.24) is 0 Å². The van der Waals surface area contributed by atoms with Gasteiger partial charge in [0.25, 0.3) is 0 Å². The van der Waals surface area contributed by atoms with Crippen molar-refractivity contribution in [3.63, 3.8) is 0 Å². The average Bonchev–Trinajstić information content (AvgIpc) is 2.81. The van der Waals surface area contributed by atoms with Gasteiger partial charge in [-0.2, -0.15) is 0 Å². The molecule has 1 atom stereocenters. The number of hydrogen-bond acceptors (Lipinski definition) is 2. The lowest BCUT2D eigenvalue weighted by Crippen LogP contribution is -2.23. The second kappa shape index (κ2) is 5.61. The van der Waals surface area contributed by atoms with Crippen LogP contribution in [0.3, 0.4) is 0 Å². The van der Waals surface area contributed by atoms with E-state index in [4.69, 9.17) is 17.3 Å². The minimum Gasteiger partial charge on any atom is -0.382 e. The van der Waals surface area contributed by atoms with Crippen LogP contribution in [0.4, 0.5) is 5.69 Å². The molecule has 0 bridgehead atoms. The molecule has 4 heteroatoms.